The number of ether oxygens (including phenoxy) is 1. The monoisotopic (exact) mass is 321 g/mol. The van der Waals surface area contributed by atoms with Crippen molar-refractivity contribution in [3.8, 4) is 5.75 Å². The number of thioether (sulfide) groups is 1. The largest absolute Gasteiger partial charge is 0.494 e. The Morgan fingerprint density at radius 2 is 2.05 bits per heavy atom. The van der Waals surface area contributed by atoms with Gasteiger partial charge in [-0.3, -0.25) is 4.79 Å². The van der Waals surface area contributed by atoms with Gasteiger partial charge < -0.3 is 14.4 Å². The maximum atomic E-state index is 10.9. The van der Waals surface area contributed by atoms with Crippen LogP contribution in [-0.4, -0.2) is 37.7 Å². The molecule has 0 aliphatic rings. The number of hydrogen-bond donors (Lipinski definition) is 1. The predicted octanol–water partition coefficient (Wildman–Crippen LogP) is 2.37. The van der Waals surface area contributed by atoms with Gasteiger partial charge in [0.2, 0.25) is 0 Å². The first kappa shape index (κ1) is 16.4. The van der Waals surface area contributed by atoms with Crippen LogP contribution in [0.2, 0.25) is 0 Å². The zero-order valence-corrected chi connectivity index (χ0v) is 13.6. The van der Waals surface area contributed by atoms with Crippen molar-refractivity contribution in [1.82, 2.24) is 14.8 Å². The number of carboxylic acids is 1. The average molecular weight is 321 g/mol. The molecular weight excluding hydrogens is 302 g/mol. The smallest absolute Gasteiger partial charge is 0.316 e. The van der Waals surface area contributed by atoms with Gasteiger partial charge in [0.1, 0.15) is 16.8 Å². The average Bonchev–Trinajstić information content (AvgIpc) is 2.82. The van der Waals surface area contributed by atoms with Crippen molar-refractivity contribution in [2.75, 3.05) is 6.61 Å². The van der Waals surface area contributed by atoms with Crippen molar-refractivity contribution in [2.24, 2.45) is 7.05 Å². The van der Waals surface area contributed by atoms with Gasteiger partial charge in [-0.1, -0.05) is 23.9 Å². The Morgan fingerprint density at radius 3 is 2.64 bits per heavy atom. The van der Waals surface area contributed by atoms with Gasteiger partial charge in [0.05, 0.1) is 6.61 Å². The Morgan fingerprint density at radius 1 is 1.36 bits per heavy atom. The minimum atomic E-state index is -0.860. The summed E-state index contributed by atoms with van der Waals surface area (Å²) in [5.74, 6) is 0.779. The van der Waals surface area contributed by atoms with E-state index in [0.29, 0.717) is 18.2 Å². The van der Waals surface area contributed by atoms with E-state index in [4.69, 9.17) is 9.84 Å². The van der Waals surface area contributed by atoms with E-state index in [2.05, 4.69) is 10.2 Å². The summed E-state index contributed by atoms with van der Waals surface area (Å²) >= 11 is 1.19. The molecule has 1 heterocycles. The second kappa shape index (κ2) is 7.31. The number of carbonyl (C=O) groups is 1. The summed E-state index contributed by atoms with van der Waals surface area (Å²) in [7, 11) is 1.85. The Labute approximate surface area is 133 Å². The Hall–Kier alpha value is -2.02. The van der Waals surface area contributed by atoms with Crippen molar-refractivity contribution in [3.63, 3.8) is 0 Å². The third-order valence-corrected chi connectivity index (χ3v) is 4.27. The molecule has 1 atom stereocenters. The lowest BCUT2D eigenvalue weighted by Crippen LogP contribution is -2.12. The molecule has 0 bridgehead atoms. The van der Waals surface area contributed by atoms with Gasteiger partial charge in [0, 0.05) is 13.5 Å². The molecule has 0 aliphatic heterocycles. The first-order chi connectivity index (χ1) is 10.5. The van der Waals surface area contributed by atoms with Crippen molar-refractivity contribution in [3.05, 3.63) is 35.7 Å². The number of nitrogens with zero attached hydrogens (tertiary/aromatic N) is 3. The van der Waals surface area contributed by atoms with Crippen LogP contribution in [0.1, 0.15) is 25.2 Å². The first-order valence-corrected chi connectivity index (χ1v) is 7.88. The summed E-state index contributed by atoms with van der Waals surface area (Å²) < 4.78 is 7.25. The fourth-order valence-corrected chi connectivity index (χ4v) is 2.63. The molecule has 0 saturated carbocycles. The van der Waals surface area contributed by atoms with E-state index < -0.39 is 11.2 Å². The van der Waals surface area contributed by atoms with Crippen LogP contribution in [0.25, 0.3) is 0 Å². The van der Waals surface area contributed by atoms with Crippen LogP contribution < -0.4 is 4.74 Å². The Kier molecular flexibility index (Phi) is 5.43. The van der Waals surface area contributed by atoms with E-state index >= 15 is 0 Å². The second-order valence-electron chi connectivity index (χ2n) is 4.81. The molecule has 1 N–H and O–H groups in total. The number of aliphatic carboxylic acids is 1. The highest BCUT2D eigenvalue weighted by atomic mass is 32.2. The van der Waals surface area contributed by atoms with Crippen LogP contribution in [0.3, 0.4) is 0 Å². The summed E-state index contributed by atoms with van der Waals surface area (Å²) in [4.78, 5) is 10.9. The first-order valence-electron chi connectivity index (χ1n) is 7.00. The van der Waals surface area contributed by atoms with Gasteiger partial charge in [0.25, 0.3) is 0 Å². The van der Waals surface area contributed by atoms with E-state index in [-0.39, 0.29) is 0 Å². The minimum Gasteiger partial charge on any atom is -0.494 e. The minimum absolute atomic E-state index is 0.554. The molecule has 0 radical (unpaired) electrons. The molecule has 7 heteroatoms. The number of rotatable bonds is 7. The normalized spacial score (nSPS) is 12.1. The number of benzene rings is 1. The van der Waals surface area contributed by atoms with Crippen LogP contribution in [0.15, 0.2) is 29.4 Å². The van der Waals surface area contributed by atoms with Gasteiger partial charge in [-0.05, 0) is 31.5 Å². The standard InChI is InChI=1S/C15H19N3O3S/c1-4-21-12-7-5-11(6-8-12)9-13-16-17-15(18(13)3)22-10(2)14(19)20/h5-8,10H,4,9H2,1-3H3,(H,19,20)/t10-/m1/s1. The molecule has 22 heavy (non-hydrogen) atoms. The quantitative estimate of drug-likeness (QED) is 0.789. The van der Waals surface area contributed by atoms with Crippen molar-refractivity contribution < 1.29 is 14.6 Å². The zero-order chi connectivity index (χ0) is 16.1. The highest BCUT2D eigenvalue weighted by Crippen LogP contribution is 2.22. The molecule has 0 unspecified atom stereocenters. The summed E-state index contributed by atoms with van der Waals surface area (Å²) in [6.07, 6.45) is 0.637. The maximum Gasteiger partial charge on any atom is 0.316 e. The molecule has 0 aliphatic carbocycles. The van der Waals surface area contributed by atoms with Gasteiger partial charge in [-0.2, -0.15) is 0 Å². The lowest BCUT2D eigenvalue weighted by atomic mass is 10.1. The fourth-order valence-electron chi connectivity index (χ4n) is 1.86. The summed E-state index contributed by atoms with van der Waals surface area (Å²) in [5, 5.41) is 17.2. The Bertz CT molecular complexity index is 640. The predicted molar refractivity (Wildman–Crippen MR) is 84.4 cm³/mol. The molecule has 2 rings (SSSR count). The fraction of sp³-hybridized carbons (Fsp3) is 0.400. The second-order valence-corrected chi connectivity index (χ2v) is 6.12. The molecule has 1 aromatic carbocycles. The molecule has 118 valence electrons. The van der Waals surface area contributed by atoms with Crippen molar-refractivity contribution >= 4 is 17.7 Å². The van der Waals surface area contributed by atoms with Crippen molar-refractivity contribution in [2.45, 2.75) is 30.7 Å². The molecule has 0 amide bonds. The summed E-state index contributed by atoms with van der Waals surface area (Å²) in [5.41, 5.74) is 1.10. The summed E-state index contributed by atoms with van der Waals surface area (Å²) in [6, 6.07) is 7.84. The lowest BCUT2D eigenvalue weighted by Gasteiger charge is -2.07. The maximum absolute atomic E-state index is 10.9. The van der Waals surface area contributed by atoms with Crippen LogP contribution in [0, 0.1) is 0 Å². The van der Waals surface area contributed by atoms with Gasteiger partial charge >= 0.3 is 5.97 Å². The van der Waals surface area contributed by atoms with Crippen LogP contribution in [0.4, 0.5) is 0 Å². The molecule has 1 aromatic heterocycles. The topological polar surface area (TPSA) is 77.2 Å². The highest BCUT2D eigenvalue weighted by Gasteiger charge is 2.17. The number of aromatic nitrogens is 3. The van der Waals surface area contributed by atoms with E-state index in [1.807, 2.05) is 42.8 Å². The zero-order valence-electron chi connectivity index (χ0n) is 12.8. The highest BCUT2D eigenvalue weighted by molar-refractivity contribution is 8.00. The lowest BCUT2D eigenvalue weighted by molar-refractivity contribution is -0.136. The van der Waals surface area contributed by atoms with Gasteiger partial charge in [-0.15, -0.1) is 10.2 Å². The van der Waals surface area contributed by atoms with E-state index in [0.717, 1.165) is 17.1 Å². The van der Waals surface area contributed by atoms with Crippen LogP contribution in [0.5, 0.6) is 5.75 Å². The Balaban J connectivity index is 2.07. The van der Waals surface area contributed by atoms with Gasteiger partial charge in [0.15, 0.2) is 5.16 Å². The number of hydrogen-bond acceptors (Lipinski definition) is 5. The molecule has 2 aromatic rings. The molecule has 6 nitrogen and oxygen atoms in total. The summed E-state index contributed by atoms with van der Waals surface area (Å²) in [6.45, 7) is 4.23. The third-order valence-electron chi connectivity index (χ3n) is 3.15. The van der Waals surface area contributed by atoms with E-state index in [1.54, 1.807) is 6.92 Å². The van der Waals surface area contributed by atoms with Crippen LogP contribution >= 0.6 is 11.8 Å². The van der Waals surface area contributed by atoms with E-state index in [1.165, 1.54) is 11.8 Å². The third kappa shape index (κ3) is 4.00. The molecule has 0 saturated heterocycles. The van der Waals surface area contributed by atoms with Crippen molar-refractivity contribution in [1.29, 1.82) is 0 Å². The van der Waals surface area contributed by atoms with Gasteiger partial charge in [-0.25, -0.2) is 0 Å². The van der Waals surface area contributed by atoms with E-state index in [9.17, 15) is 4.79 Å². The SMILES string of the molecule is CCOc1ccc(Cc2nnc(S[C@H](C)C(=O)O)n2C)cc1. The molecule has 0 spiro atoms. The molecular formula is C15H19N3O3S. The van der Waals surface area contributed by atoms with Crippen LogP contribution in [-0.2, 0) is 18.3 Å². The number of carboxylic acid groups (broad SMARTS) is 1. The molecule has 0 fully saturated rings.